The van der Waals surface area contributed by atoms with Crippen LogP contribution in [0.25, 0.3) is 0 Å². The highest BCUT2D eigenvalue weighted by molar-refractivity contribution is 6.31. The lowest BCUT2D eigenvalue weighted by atomic mass is 10.1. The molecule has 0 fully saturated rings. The first-order valence-electron chi connectivity index (χ1n) is 4.74. The van der Waals surface area contributed by atoms with Gasteiger partial charge >= 0.3 is 6.18 Å². The van der Waals surface area contributed by atoms with Crippen molar-refractivity contribution in [3.05, 3.63) is 22.8 Å². The predicted octanol–water partition coefficient (Wildman–Crippen LogP) is 3.29. The third-order valence-electron chi connectivity index (χ3n) is 1.72. The normalized spacial score (nSPS) is 11.9. The standard InChI is InChI=1S/C10H12ClF3N2O.ClH/c1-9(2,15)5-17-8-7(11)3-6(4-16-8)10(12,13)14;/h3-4H,5,15H2,1-2H3;1H. The number of halogens is 5. The van der Waals surface area contributed by atoms with Crippen LogP contribution in [0.3, 0.4) is 0 Å². The maximum atomic E-state index is 12.3. The Morgan fingerprint density at radius 1 is 1.39 bits per heavy atom. The maximum Gasteiger partial charge on any atom is 0.417 e. The van der Waals surface area contributed by atoms with E-state index >= 15 is 0 Å². The molecule has 0 spiro atoms. The highest BCUT2D eigenvalue weighted by atomic mass is 35.5. The number of rotatable bonds is 3. The summed E-state index contributed by atoms with van der Waals surface area (Å²) < 4.78 is 42.1. The monoisotopic (exact) mass is 304 g/mol. The molecule has 3 nitrogen and oxygen atoms in total. The molecule has 0 unspecified atom stereocenters. The molecule has 0 bridgehead atoms. The molecule has 8 heteroatoms. The van der Waals surface area contributed by atoms with Crippen molar-refractivity contribution in [3.63, 3.8) is 0 Å². The SMILES string of the molecule is CC(C)(N)COc1ncc(C(F)(F)F)cc1Cl.Cl. The van der Waals surface area contributed by atoms with E-state index in [1.807, 2.05) is 0 Å². The van der Waals surface area contributed by atoms with Gasteiger partial charge in [0, 0.05) is 11.7 Å². The van der Waals surface area contributed by atoms with Gasteiger partial charge in [-0.1, -0.05) is 11.6 Å². The summed E-state index contributed by atoms with van der Waals surface area (Å²) in [7, 11) is 0. The Bertz CT molecular complexity index is 405. The Morgan fingerprint density at radius 3 is 2.33 bits per heavy atom. The first kappa shape index (κ1) is 17.3. The highest BCUT2D eigenvalue weighted by Crippen LogP contribution is 2.33. The third-order valence-corrected chi connectivity index (χ3v) is 1.99. The molecule has 0 saturated heterocycles. The van der Waals surface area contributed by atoms with Crippen LogP contribution in [0.5, 0.6) is 5.88 Å². The molecule has 18 heavy (non-hydrogen) atoms. The Hall–Kier alpha value is -0.720. The largest absolute Gasteiger partial charge is 0.475 e. The molecule has 0 aliphatic heterocycles. The van der Waals surface area contributed by atoms with Gasteiger partial charge in [-0.25, -0.2) is 4.98 Å². The number of hydrogen-bond acceptors (Lipinski definition) is 3. The Morgan fingerprint density at radius 2 is 1.94 bits per heavy atom. The average molecular weight is 305 g/mol. The Balaban J connectivity index is 0.00000289. The zero-order valence-electron chi connectivity index (χ0n) is 9.71. The van der Waals surface area contributed by atoms with Gasteiger partial charge in [0.05, 0.1) is 5.56 Å². The van der Waals surface area contributed by atoms with Crippen molar-refractivity contribution >= 4 is 24.0 Å². The minimum atomic E-state index is -4.47. The van der Waals surface area contributed by atoms with Crippen LogP contribution in [0.2, 0.25) is 5.02 Å². The molecule has 0 aliphatic rings. The van der Waals surface area contributed by atoms with E-state index in [4.69, 9.17) is 22.1 Å². The molecule has 0 amide bonds. The molecule has 1 aromatic heterocycles. The lowest BCUT2D eigenvalue weighted by molar-refractivity contribution is -0.137. The molecule has 0 radical (unpaired) electrons. The smallest absolute Gasteiger partial charge is 0.417 e. The summed E-state index contributed by atoms with van der Waals surface area (Å²) in [6.07, 6.45) is -3.80. The number of aromatic nitrogens is 1. The highest BCUT2D eigenvalue weighted by Gasteiger charge is 2.31. The summed E-state index contributed by atoms with van der Waals surface area (Å²) in [5.41, 5.74) is 4.12. The topological polar surface area (TPSA) is 48.1 Å². The zero-order chi connectivity index (χ0) is 13.3. The van der Waals surface area contributed by atoms with Crippen molar-refractivity contribution in [2.45, 2.75) is 25.6 Å². The second kappa shape index (κ2) is 5.95. The first-order chi connectivity index (χ1) is 7.59. The number of pyridine rings is 1. The summed E-state index contributed by atoms with van der Waals surface area (Å²) >= 11 is 5.64. The van der Waals surface area contributed by atoms with Gasteiger partial charge < -0.3 is 10.5 Å². The molecule has 0 aromatic carbocycles. The van der Waals surface area contributed by atoms with Crippen LogP contribution < -0.4 is 10.5 Å². The zero-order valence-corrected chi connectivity index (χ0v) is 11.3. The molecule has 2 N–H and O–H groups in total. The van der Waals surface area contributed by atoms with Crippen LogP contribution >= 0.6 is 24.0 Å². The van der Waals surface area contributed by atoms with E-state index in [2.05, 4.69) is 4.98 Å². The average Bonchev–Trinajstić information content (AvgIpc) is 2.12. The van der Waals surface area contributed by atoms with Gasteiger partial charge in [-0.3, -0.25) is 0 Å². The van der Waals surface area contributed by atoms with Gasteiger partial charge in [0.25, 0.3) is 0 Å². The van der Waals surface area contributed by atoms with E-state index < -0.39 is 17.3 Å². The first-order valence-corrected chi connectivity index (χ1v) is 5.12. The van der Waals surface area contributed by atoms with Crippen LogP contribution in [-0.4, -0.2) is 17.1 Å². The van der Waals surface area contributed by atoms with Gasteiger partial charge in [0.2, 0.25) is 5.88 Å². The Labute approximate surface area is 114 Å². The Kier molecular flexibility index (Phi) is 5.71. The fourth-order valence-corrected chi connectivity index (χ4v) is 1.16. The van der Waals surface area contributed by atoms with E-state index in [0.29, 0.717) is 6.20 Å². The van der Waals surface area contributed by atoms with Crippen molar-refractivity contribution in [3.8, 4) is 5.88 Å². The molecule has 1 heterocycles. The number of hydrogen-bond donors (Lipinski definition) is 1. The summed E-state index contributed by atoms with van der Waals surface area (Å²) in [6.45, 7) is 3.53. The minimum absolute atomic E-state index is 0. The van der Waals surface area contributed by atoms with Crippen molar-refractivity contribution < 1.29 is 17.9 Å². The van der Waals surface area contributed by atoms with Crippen molar-refractivity contribution in [1.82, 2.24) is 4.98 Å². The van der Waals surface area contributed by atoms with Gasteiger partial charge in [0.1, 0.15) is 11.6 Å². The fourth-order valence-electron chi connectivity index (χ4n) is 0.941. The summed E-state index contributed by atoms with van der Waals surface area (Å²) in [6, 6.07) is 0.771. The van der Waals surface area contributed by atoms with Crippen LogP contribution in [0.1, 0.15) is 19.4 Å². The quantitative estimate of drug-likeness (QED) is 0.932. The van der Waals surface area contributed by atoms with E-state index in [0.717, 1.165) is 6.07 Å². The molecule has 0 atom stereocenters. The van der Waals surface area contributed by atoms with Crippen molar-refractivity contribution in [2.24, 2.45) is 5.73 Å². The van der Waals surface area contributed by atoms with Crippen LogP contribution in [0.15, 0.2) is 12.3 Å². The van der Waals surface area contributed by atoms with Gasteiger partial charge in [0.15, 0.2) is 0 Å². The second-order valence-electron chi connectivity index (χ2n) is 4.29. The minimum Gasteiger partial charge on any atom is -0.475 e. The molecule has 0 aliphatic carbocycles. The lowest BCUT2D eigenvalue weighted by Gasteiger charge is -2.19. The molecule has 0 saturated carbocycles. The van der Waals surface area contributed by atoms with Gasteiger partial charge in [-0.15, -0.1) is 12.4 Å². The fraction of sp³-hybridized carbons (Fsp3) is 0.500. The van der Waals surface area contributed by atoms with Crippen LogP contribution in [0.4, 0.5) is 13.2 Å². The summed E-state index contributed by atoms with van der Waals surface area (Å²) in [4.78, 5) is 3.52. The molecule has 104 valence electrons. The van der Waals surface area contributed by atoms with Gasteiger partial charge in [-0.2, -0.15) is 13.2 Å². The van der Waals surface area contributed by atoms with E-state index in [-0.39, 0.29) is 29.9 Å². The molecular weight excluding hydrogens is 292 g/mol. The predicted molar refractivity (Wildman–Crippen MR) is 65.3 cm³/mol. The molecular formula is C10H13Cl2F3N2O. The maximum absolute atomic E-state index is 12.3. The van der Waals surface area contributed by atoms with Crippen LogP contribution in [0, 0.1) is 0 Å². The second-order valence-corrected chi connectivity index (χ2v) is 4.69. The molecule has 1 rings (SSSR count). The van der Waals surface area contributed by atoms with Crippen molar-refractivity contribution in [2.75, 3.05) is 6.61 Å². The number of ether oxygens (including phenoxy) is 1. The van der Waals surface area contributed by atoms with Gasteiger partial charge in [-0.05, 0) is 19.9 Å². The van der Waals surface area contributed by atoms with Crippen LogP contribution in [-0.2, 0) is 6.18 Å². The van der Waals surface area contributed by atoms with E-state index in [9.17, 15) is 13.2 Å². The van der Waals surface area contributed by atoms with E-state index in [1.165, 1.54) is 0 Å². The van der Waals surface area contributed by atoms with E-state index in [1.54, 1.807) is 13.8 Å². The number of alkyl halides is 3. The third kappa shape index (κ3) is 5.29. The number of nitrogens with two attached hydrogens (primary N) is 1. The summed E-state index contributed by atoms with van der Waals surface area (Å²) in [5, 5.41) is -0.191. The number of nitrogens with zero attached hydrogens (tertiary/aromatic N) is 1. The van der Waals surface area contributed by atoms with Crippen molar-refractivity contribution in [1.29, 1.82) is 0 Å². The molecule has 1 aromatic rings. The lowest BCUT2D eigenvalue weighted by Crippen LogP contribution is -2.38. The summed E-state index contributed by atoms with van der Waals surface area (Å²) in [5.74, 6) is -0.0572.